The summed E-state index contributed by atoms with van der Waals surface area (Å²) in [6, 6.07) is 8.19. The minimum atomic E-state index is -2.90. The van der Waals surface area contributed by atoms with Crippen LogP contribution in [0.1, 0.15) is 19.8 Å². The number of aromatic nitrogens is 3. The maximum atomic E-state index is 11.8. The molecule has 0 bridgehead atoms. The Labute approximate surface area is 155 Å². The molecule has 4 rings (SSSR count). The second-order valence-corrected chi connectivity index (χ2v) is 10.1. The zero-order valence-corrected chi connectivity index (χ0v) is 16.4. The van der Waals surface area contributed by atoms with Crippen LogP contribution in [0, 0.1) is 4.77 Å². The average molecular weight is 397 g/mol. The third-order valence-electron chi connectivity index (χ3n) is 4.67. The first kappa shape index (κ1) is 17.1. The van der Waals surface area contributed by atoms with Gasteiger partial charge in [0.25, 0.3) is 0 Å². The van der Waals surface area contributed by atoms with Gasteiger partial charge in [0.05, 0.1) is 28.4 Å². The first-order valence-corrected chi connectivity index (χ1v) is 11.4. The molecule has 1 atom stereocenters. The Balaban J connectivity index is 1.68. The van der Waals surface area contributed by atoms with E-state index >= 15 is 0 Å². The number of nitrogens with zero attached hydrogens (tertiary/aromatic N) is 4. The summed E-state index contributed by atoms with van der Waals surface area (Å²) >= 11 is 7.27. The highest BCUT2D eigenvalue weighted by Gasteiger charge is 2.32. The van der Waals surface area contributed by atoms with Crippen molar-refractivity contribution in [2.75, 3.05) is 18.1 Å². The van der Waals surface area contributed by atoms with Gasteiger partial charge in [-0.15, -0.1) is 5.10 Å². The molecule has 1 fully saturated rings. The number of hydrogen-bond acceptors (Lipinski definition) is 6. The molecule has 1 aromatic carbocycles. The molecule has 134 valence electrons. The van der Waals surface area contributed by atoms with Gasteiger partial charge in [-0.2, -0.15) is 0 Å². The molecule has 0 saturated carbocycles. The fourth-order valence-electron chi connectivity index (χ4n) is 3.47. The van der Waals surface area contributed by atoms with Gasteiger partial charge in [0.15, 0.2) is 9.84 Å². The van der Waals surface area contributed by atoms with Gasteiger partial charge in [0.2, 0.25) is 9.73 Å². The van der Waals surface area contributed by atoms with E-state index in [1.54, 1.807) is 11.3 Å². The molecule has 0 aliphatic carbocycles. The maximum absolute atomic E-state index is 11.8. The van der Waals surface area contributed by atoms with Crippen molar-refractivity contribution >= 4 is 48.6 Å². The normalized spacial score (nSPS) is 20.2. The number of benzene rings is 1. The Hall–Kier alpha value is -1.29. The SMILES string of the molecule is CCCN(Cn1nc2sc3ccccc3n2c1=S)C1CCS(=O)(=O)C1. The Morgan fingerprint density at radius 2 is 2.20 bits per heavy atom. The van der Waals surface area contributed by atoms with Gasteiger partial charge < -0.3 is 0 Å². The standard InChI is InChI=1S/C16H20N4O2S3/c1-2-8-18(12-7-9-25(21,22)10-12)11-19-16(23)20-13-5-3-4-6-14(13)24-15(20)17-19/h3-6,12H,2,7-11H2,1H3. The number of hydrogen-bond donors (Lipinski definition) is 0. The van der Waals surface area contributed by atoms with Crippen LogP contribution in [0.2, 0.25) is 0 Å². The van der Waals surface area contributed by atoms with Crippen molar-refractivity contribution in [1.82, 2.24) is 19.1 Å². The average Bonchev–Trinajstić information content (AvgIpc) is 3.20. The molecule has 2 aromatic heterocycles. The third kappa shape index (κ3) is 3.14. The number of rotatable bonds is 5. The fraction of sp³-hybridized carbons (Fsp3) is 0.500. The summed E-state index contributed by atoms with van der Waals surface area (Å²) in [6.45, 7) is 3.48. The molecule has 1 aliphatic rings. The minimum Gasteiger partial charge on any atom is -0.280 e. The van der Waals surface area contributed by atoms with E-state index in [0.29, 0.717) is 17.9 Å². The molecule has 1 saturated heterocycles. The van der Waals surface area contributed by atoms with Crippen LogP contribution in [0.15, 0.2) is 24.3 Å². The summed E-state index contributed by atoms with van der Waals surface area (Å²) in [5.74, 6) is 0.525. The van der Waals surface area contributed by atoms with E-state index in [4.69, 9.17) is 12.2 Å². The predicted octanol–water partition coefficient (Wildman–Crippen LogP) is 2.94. The van der Waals surface area contributed by atoms with E-state index in [0.717, 1.165) is 28.1 Å². The first-order chi connectivity index (χ1) is 12.0. The molecule has 0 N–H and O–H groups in total. The van der Waals surface area contributed by atoms with Crippen molar-refractivity contribution in [1.29, 1.82) is 0 Å². The summed E-state index contributed by atoms with van der Waals surface area (Å²) in [5, 5.41) is 4.68. The van der Waals surface area contributed by atoms with Crippen molar-refractivity contribution in [3.8, 4) is 0 Å². The summed E-state index contributed by atoms with van der Waals surface area (Å²) < 4.78 is 29.3. The molecular formula is C16H20N4O2S3. The Morgan fingerprint density at radius 3 is 2.92 bits per heavy atom. The van der Waals surface area contributed by atoms with E-state index in [-0.39, 0.29) is 17.5 Å². The highest BCUT2D eigenvalue weighted by molar-refractivity contribution is 7.91. The molecule has 3 aromatic rings. The lowest BCUT2D eigenvalue weighted by molar-refractivity contribution is 0.155. The Morgan fingerprint density at radius 1 is 1.40 bits per heavy atom. The highest BCUT2D eigenvalue weighted by Crippen LogP contribution is 2.26. The molecule has 0 radical (unpaired) electrons. The minimum absolute atomic E-state index is 0.0586. The molecule has 3 heterocycles. The van der Waals surface area contributed by atoms with E-state index in [1.807, 2.05) is 27.3 Å². The van der Waals surface area contributed by atoms with Crippen LogP contribution in [0.5, 0.6) is 0 Å². The second kappa shape index (κ2) is 6.46. The smallest absolute Gasteiger partial charge is 0.216 e. The van der Waals surface area contributed by atoms with Crippen LogP contribution in [0.4, 0.5) is 0 Å². The second-order valence-electron chi connectivity index (χ2n) is 6.48. The van der Waals surface area contributed by atoms with Crippen LogP contribution in [-0.2, 0) is 16.5 Å². The van der Waals surface area contributed by atoms with Crippen LogP contribution in [0.3, 0.4) is 0 Å². The van der Waals surface area contributed by atoms with Gasteiger partial charge >= 0.3 is 0 Å². The monoisotopic (exact) mass is 396 g/mol. The summed E-state index contributed by atoms with van der Waals surface area (Å²) in [5.41, 5.74) is 1.07. The fourth-order valence-corrected chi connectivity index (χ4v) is 6.60. The Bertz CT molecular complexity index is 1080. The lowest BCUT2D eigenvalue weighted by atomic mass is 10.2. The topological polar surface area (TPSA) is 59.6 Å². The zero-order chi connectivity index (χ0) is 17.6. The van der Waals surface area contributed by atoms with Gasteiger partial charge in [-0.1, -0.05) is 30.4 Å². The lowest BCUT2D eigenvalue weighted by Crippen LogP contribution is -2.38. The van der Waals surface area contributed by atoms with Gasteiger partial charge in [0, 0.05) is 6.04 Å². The summed E-state index contributed by atoms with van der Waals surface area (Å²) in [4.78, 5) is 3.08. The van der Waals surface area contributed by atoms with Crippen molar-refractivity contribution in [3.05, 3.63) is 29.0 Å². The van der Waals surface area contributed by atoms with Crippen LogP contribution < -0.4 is 0 Å². The van der Waals surface area contributed by atoms with E-state index in [9.17, 15) is 8.42 Å². The number of para-hydroxylation sites is 1. The lowest BCUT2D eigenvalue weighted by Gasteiger charge is -2.27. The Kier molecular flexibility index (Phi) is 4.43. The van der Waals surface area contributed by atoms with Crippen molar-refractivity contribution in [2.45, 2.75) is 32.5 Å². The molecule has 1 unspecified atom stereocenters. The molecule has 0 spiro atoms. The van der Waals surface area contributed by atoms with Crippen molar-refractivity contribution in [2.24, 2.45) is 0 Å². The summed E-state index contributed by atoms with van der Waals surface area (Å²) in [6.07, 6.45) is 1.66. The molecule has 9 heteroatoms. The van der Waals surface area contributed by atoms with Gasteiger partial charge in [-0.3, -0.25) is 9.30 Å². The van der Waals surface area contributed by atoms with Gasteiger partial charge in [-0.25, -0.2) is 13.1 Å². The first-order valence-electron chi connectivity index (χ1n) is 8.40. The van der Waals surface area contributed by atoms with E-state index in [2.05, 4.69) is 23.0 Å². The highest BCUT2D eigenvalue weighted by atomic mass is 32.2. The number of sulfone groups is 1. The van der Waals surface area contributed by atoms with Gasteiger partial charge in [-0.05, 0) is 43.7 Å². The summed E-state index contributed by atoms with van der Waals surface area (Å²) in [7, 11) is -2.90. The zero-order valence-electron chi connectivity index (χ0n) is 14.0. The molecule has 25 heavy (non-hydrogen) atoms. The van der Waals surface area contributed by atoms with Crippen molar-refractivity contribution in [3.63, 3.8) is 0 Å². The predicted molar refractivity (Wildman–Crippen MR) is 103 cm³/mol. The number of fused-ring (bicyclic) bond motifs is 3. The van der Waals surface area contributed by atoms with Crippen LogP contribution >= 0.6 is 23.6 Å². The molecule has 1 aliphatic heterocycles. The van der Waals surface area contributed by atoms with Gasteiger partial charge in [0.1, 0.15) is 0 Å². The van der Waals surface area contributed by atoms with E-state index in [1.165, 1.54) is 0 Å². The van der Waals surface area contributed by atoms with E-state index < -0.39 is 9.84 Å². The van der Waals surface area contributed by atoms with Crippen LogP contribution in [0.25, 0.3) is 15.2 Å². The molecule has 0 amide bonds. The quantitative estimate of drug-likeness (QED) is 0.621. The van der Waals surface area contributed by atoms with Crippen molar-refractivity contribution < 1.29 is 8.42 Å². The number of thiazole rings is 1. The largest absolute Gasteiger partial charge is 0.280 e. The third-order valence-corrected chi connectivity index (χ3v) is 7.82. The maximum Gasteiger partial charge on any atom is 0.216 e. The molecule has 6 nitrogen and oxygen atoms in total. The molecular weight excluding hydrogens is 376 g/mol. The van der Waals surface area contributed by atoms with Crippen LogP contribution in [-0.4, -0.2) is 51.6 Å².